The molecule has 1 aliphatic heterocycles. The van der Waals surface area contributed by atoms with E-state index in [0.717, 1.165) is 56.0 Å². The highest BCUT2D eigenvalue weighted by Gasteiger charge is 2.25. The van der Waals surface area contributed by atoms with Gasteiger partial charge in [-0.1, -0.05) is 0 Å². The molecule has 0 radical (unpaired) electrons. The number of ether oxygens (including phenoxy) is 1. The molecule has 2 fully saturated rings. The molecule has 1 saturated heterocycles. The van der Waals surface area contributed by atoms with E-state index in [4.69, 9.17) is 4.74 Å². The van der Waals surface area contributed by atoms with E-state index >= 15 is 0 Å². The number of piperidine rings is 1. The predicted molar refractivity (Wildman–Crippen MR) is 105 cm³/mol. The molecule has 1 aliphatic carbocycles. The number of hydrogen-bond acceptors (Lipinski definition) is 5. The van der Waals surface area contributed by atoms with E-state index in [1.807, 2.05) is 24.3 Å². The van der Waals surface area contributed by atoms with E-state index in [2.05, 4.69) is 20.2 Å². The molecule has 27 heavy (non-hydrogen) atoms. The molecule has 1 N–H and O–H groups in total. The Morgan fingerprint density at radius 1 is 1.04 bits per heavy atom. The number of hydrogen-bond donors (Lipinski definition) is 1. The fraction of sp³-hybridized carbons (Fsp3) is 0.476. The van der Waals surface area contributed by atoms with Crippen LogP contribution in [0.2, 0.25) is 0 Å². The Kier molecular flexibility index (Phi) is 5.51. The first kappa shape index (κ1) is 17.8. The molecule has 1 saturated carbocycles. The molecule has 2 aromatic rings. The number of anilines is 2. The molecule has 4 rings (SSSR count). The van der Waals surface area contributed by atoms with Crippen molar-refractivity contribution in [2.75, 3.05) is 23.3 Å². The summed E-state index contributed by atoms with van der Waals surface area (Å²) in [5.41, 5.74) is 0.829. The second kappa shape index (κ2) is 8.37. The van der Waals surface area contributed by atoms with Gasteiger partial charge in [-0.2, -0.15) is 0 Å². The molecule has 1 amide bonds. The average Bonchev–Trinajstić information content (AvgIpc) is 3.23. The smallest absolute Gasteiger partial charge is 0.227 e. The van der Waals surface area contributed by atoms with Gasteiger partial charge in [-0.25, -0.2) is 4.98 Å². The third-order valence-electron chi connectivity index (χ3n) is 5.47. The Balaban J connectivity index is 1.26. The normalized spacial score (nSPS) is 18.4. The Morgan fingerprint density at radius 2 is 1.78 bits per heavy atom. The third kappa shape index (κ3) is 4.56. The van der Waals surface area contributed by atoms with E-state index in [0.29, 0.717) is 6.10 Å². The van der Waals surface area contributed by atoms with Gasteiger partial charge in [-0.05, 0) is 62.8 Å². The summed E-state index contributed by atoms with van der Waals surface area (Å²) in [5.74, 6) is 1.90. The van der Waals surface area contributed by atoms with Crippen molar-refractivity contribution < 1.29 is 9.53 Å². The number of aromatic nitrogens is 2. The fourth-order valence-electron chi connectivity index (χ4n) is 3.89. The van der Waals surface area contributed by atoms with Gasteiger partial charge in [0, 0.05) is 37.1 Å². The Morgan fingerprint density at radius 3 is 2.44 bits per heavy atom. The number of carbonyl (C=O) groups is 1. The Hall–Kier alpha value is -2.63. The van der Waals surface area contributed by atoms with Crippen LogP contribution in [0, 0.1) is 5.92 Å². The lowest BCUT2D eigenvalue weighted by Gasteiger charge is -2.31. The van der Waals surface area contributed by atoms with Crippen LogP contribution in [-0.2, 0) is 4.79 Å². The van der Waals surface area contributed by atoms with E-state index in [-0.39, 0.29) is 11.8 Å². The minimum atomic E-state index is 0.0346. The first-order valence-electron chi connectivity index (χ1n) is 9.86. The maximum absolute atomic E-state index is 12.6. The minimum Gasteiger partial charge on any atom is -0.490 e. The summed E-state index contributed by atoms with van der Waals surface area (Å²) in [7, 11) is 0. The Labute approximate surface area is 160 Å². The highest BCUT2D eigenvalue weighted by Crippen LogP contribution is 2.26. The molecule has 0 bridgehead atoms. The first-order valence-corrected chi connectivity index (χ1v) is 9.86. The summed E-state index contributed by atoms with van der Waals surface area (Å²) in [4.78, 5) is 23.2. The quantitative estimate of drug-likeness (QED) is 0.875. The van der Waals surface area contributed by atoms with Gasteiger partial charge >= 0.3 is 0 Å². The van der Waals surface area contributed by atoms with Crippen LogP contribution in [0.4, 0.5) is 11.5 Å². The van der Waals surface area contributed by atoms with Crippen LogP contribution in [0.1, 0.15) is 38.5 Å². The second-order valence-electron chi connectivity index (χ2n) is 7.36. The van der Waals surface area contributed by atoms with Gasteiger partial charge in [-0.3, -0.25) is 9.78 Å². The molecular formula is C21H26N4O2. The maximum atomic E-state index is 12.6. The van der Waals surface area contributed by atoms with Crippen molar-refractivity contribution in [2.24, 2.45) is 5.92 Å². The van der Waals surface area contributed by atoms with Crippen LogP contribution in [0.5, 0.6) is 5.75 Å². The molecule has 1 aromatic carbocycles. The summed E-state index contributed by atoms with van der Waals surface area (Å²) < 4.78 is 5.98. The predicted octanol–water partition coefficient (Wildman–Crippen LogP) is 3.65. The number of carbonyl (C=O) groups excluding carboxylic acids is 1. The number of nitrogens with one attached hydrogen (secondary N) is 1. The molecular weight excluding hydrogens is 340 g/mol. The molecule has 6 heteroatoms. The van der Waals surface area contributed by atoms with E-state index in [9.17, 15) is 4.79 Å². The van der Waals surface area contributed by atoms with Crippen LogP contribution in [0.15, 0.2) is 42.9 Å². The number of benzene rings is 1. The Bertz CT molecular complexity index is 737. The van der Waals surface area contributed by atoms with E-state index in [1.54, 1.807) is 18.6 Å². The minimum absolute atomic E-state index is 0.0346. The molecule has 1 aromatic heterocycles. The van der Waals surface area contributed by atoms with Gasteiger partial charge in [0.25, 0.3) is 0 Å². The monoisotopic (exact) mass is 366 g/mol. The van der Waals surface area contributed by atoms with Gasteiger partial charge in [0.15, 0.2) is 0 Å². The van der Waals surface area contributed by atoms with Crippen LogP contribution in [0.3, 0.4) is 0 Å². The van der Waals surface area contributed by atoms with Crippen LogP contribution in [-0.4, -0.2) is 35.1 Å². The van der Waals surface area contributed by atoms with Crippen molar-refractivity contribution in [3.63, 3.8) is 0 Å². The lowest BCUT2D eigenvalue weighted by Crippen LogP contribution is -2.38. The molecule has 2 aliphatic rings. The first-order chi connectivity index (χ1) is 13.3. The molecule has 142 valence electrons. The summed E-state index contributed by atoms with van der Waals surface area (Å²) in [6, 6.07) is 7.75. The molecule has 6 nitrogen and oxygen atoms in total. The highest BCUT2D eigenvalue weighted by atomic mass is 16.5. The molecule has 0 spiro atoms. The van der Waals surface area contributed by atoms with Crippen LogP contribution >= 0.6 is 0 Å². The summed E-state index contributed by atoms with van der Waals surface area (Å²) >= 11 is 0. The van der Waals surface area contributed by atoms with E-state index in [1.165, 1.54) is 12.8 Å². The highest BCUT2D eigenvalue weighted by molar-refractivity contribution is 5.92. The number of nitrogens with zero attached hydrogens (tertiary/aromatic N) is 3. The molecule has 0 atom stereocenters. The van der Waals surface area contributed by atoms with Crippen LogP contribution < -0.4 is 15.0 Å². The maximum Gasteiger partial charge on any atom is 0.227 e. The fourth-order valence-corrected chi connectivity index (χ4v) is 3.89. The SMILES string of the molecule is O=C(Nc1ccc(OC2CCCC2)cc1)C1CCN(c2cnccn2)CC1. The van der Waals surface area contributed by atoms with Gasteiger partial charge in [0.2, 0.25) is 5.91 Å². The van der Waals surface area contributed by atoms with Gasteiger partial charge < -0.3 is 15.0 Å². The molecule has 0 unspecified atom stereocenters. The number of amides is 1. The summed E-state index contributed by atoms with van der Waals surface area (Å²) in [6.07, 6.45) is 12.0. The average molecular weight is 366 g/mol. The van der Waals surface area contributed by atoms with Crippen LogP contribution in [0.25, 0.3) is 0 Å². The lowest BCUT2D eigenvalue weighted by molar-refractivity contribution is -0.120. The summed E-state index contributed by atoms with van der Waals surface area (Å²) in [6.45, 7) is 1.65. The third-order valence-corrected chi connectivity index (χ3v) is 5.47. The van der Waals surface area contributed by atoms with Crippen molar-refractivity contribution in [1.29, 1.82) is 0 Å². The number of rotatable bonds is 5. The van der Waals surface area contributed by atoms with Gasteiger partial charge in [0.05, 0.1) is 12.3 Å². The zero-order valence-electron chi connectivity index (χ0n) is 15.5. The lowest BCUT2D eigenvalue weighted by atomic mass is 9.96. The van der Waals surface area contributed by atoms with Crippen molar-refractivity contribution >= 4 is 17.4 Å². The van der Waals surface area contributed by atoms with Crippen molar-refractivity contribution in [2.45, 2.75) is 44.6 Å². The second-order valence-corrected chi connectivity index (χ2v) is 7.36. The largest absolute Gasteiger partial charge is 0.490 e. The van der Waals surface area contributed by atoms with Crippen molar-refractivity contribution in [1.82, 2.24) is 9.97 Å². The van der Waals surface area contributed by atoms with Gasteiger partial charge in [-0.15, -0.1) is 0 Å². The van der Waals surface area contributed by atoms with Crippen molar-refractivity contribution in [3.8, 4) is 5.75 Å². The zero-order chi connectivity index (χ0) is 18.5. The van der Waals surface area contributed by atoms with E-state index < -0.39 is 0 Å². The summed E-state index contributed by atoms with van der Waals surface area (Å²) in [5, 5.41) is 3.05. The molecule has 2 heterocycles. The van der Waals surface area contributed by atoms with Crippen molar-refractivity contribution in [3.05, 3.63) is 42.9 Å². The topological polar surface area (TPSA) is 67.3 Å². The zero-order valence-corrected chi connectivity index (χ0v) is 15.5. The standard InChI is InChI=1S/C21H26N4O2/c26-21(16-9-13-25(14-10-16)20-15-22-11-12-23-20)24-17-5-7-19(8-6-17)27-18-3-1-2-4-18/h5-8,11-12,15-16,18H,1-4,9-10,13-14H2,(H,24,26). The van der Waals surface area contributed by atoms with Gasteiger partial charge in [0.1, 0.15) is 11.6 Å².